The maximum absolute atomic E-state index is 4.78. The summed E-state index contributed by atoms with van der Waals surface area (Å²) in [6.07, 6.45) is 6.79. The van der Waals surface area contributed by atoms with E-state index >= 15 is 0 Å². The molecule has 3 heterocycles. The first-order chi connectivity index (χ1) is 9.42. The van der Waals surface area contributed by atoms with Crippen LogP contribution in [0.15, 0.2) is 18.6 Å². The zero-order chi connectivity index (χ0) is 12.7. The Morgan fingerprint density at radius 3 is 2.95 bits per heavy atom. The van der Waals surface area contributed by atoms with Crippen LogP contribution < -0.4 is 5.32 Å². The summed E-state index contributed by atoms with van der Waals surface area (Å²) in [5.41, 5.74) is 4.58. The minimum atomic E-state index is 0.636. The third kappa shape index (κ3) is 2.00. The minimum absolute atomic E-state index is 0.636. The van der Waals surface area contributed by atoms with Crippen molar-refractivity contribution < 1.29 is 0 Å². The lowest BCUT2D eigenvalue weighted by Gasteiger charge is -2.19. The van der Waals surface area contributed by atoms with Crippen LogP contribution in [0.4, 0.5) is 0 Å². The van der Waals surface area contributed by atoms with Gasteiger partial charge in [-0.15, -0.1) is 0 Å². The van der Waals surface area contributed by atoms with Crippen LogP contribution in [-0.2, 0) is 13.0 Å². The van der Waals surface area contributed by atoms with Gasteiger partial charge in [0.25, 0.3) is 0 Å². The van der Waals surface area contributed by atoms with Crippen molar-refractivity contribution in [1.82, 2.24) is 25.3 Å². The van der Waals surface area contributed by atoms with E-state index < -0.39 is 0 Å². The molecular weight excluding hydrogens is 238 g/mol. The van der Waals surface area contributed by atoms with Crippen molar-refractivity contribution in [2.24, 2.45) is 0 Å². The number of hydrogen-bond acceptors (Lipinski definition) is 5. The summed E-state index contributed by atoms with van der Waals surface area (Å²) >= 11 is 0. The van der Waals surface area contributed by atoms with E-state index in [1.807, 2.05) is 6.07 Å². The van der Waals surface area contributed by atoms with Crippen LogP contribution in [0.5, 0.6) is 0 Å². The summed E-state index contributed by atoms with van der Waals surface area (Å²) in [6.45, 7) is 1.91. The van der Waals surface area contributed by atoms with Gasteiger partial charge in [0.15, 0.2) is 5.82 Å². The Morgan fingerprint density at radius 1 is 1.21 bits per heavy atom. The van der Waals surface area contributed by atoms with E-state index in [-0.39, 0.29) is 0 Å². The van der Waals surface area contributed by atoms with Gasteiger partial charge in [-0.25, -0.2) is 19.9 Å². The molecule has 2 aromatic heterocycles. The van der Waals surface area contributed by atoms with E-state index in [0.29, 0.717) is 5.92 Å². The summed E-state index contributed by atoms with van der Waals surface area (Å²) in [5.74, 6) is 1.39. The average molecular weight is 253 g/mol. The molecule has 1 fully saturated rings. The molecule has 1 aliphatic heterocycles. The first-order valence-electron chi connectivity index (χ1n) is 6.78. The molecule has 0 unspecified atom stereocenters. The van der Waals surface area contributed by atoms with Gasteiger partial charge in [-0.05, 0) is 18.9 Å². The van der Waals surface area contributed by atoms with Crippen LogP contribution in [0.3, 0.4) is 0 Å². The van der Waals surface area contributed by atoms with E-state index in [2.05, 4.69) is 15.3 Å². The molecule has 0 saturated heterocycles. The highest BCUT2D eigenvalue weighted by Gasteiger charge is 2.30. The molecule has 0 atom stereocenters. The van der Waals surface area contributed by atoms with Gasteiger partial charge in [-0.3, -0.25) is 0 Å². The second-order valence-electron chi connectivity index (χ2n) is 5.15. The topological polar surface area (TPSA) is 63.6 Å². The lowest BCUT2D eigenvalue weighted by Crippen LogP contribution is -2.26. The van der Waals surface area contributed by atoms with E-state index in [0.717, 1.165) is 31.0 Å². The van der Waals surface area contributed by atoms with Gasteiger partial charge in [-0.2, -0.15) is 0 Å². The Bertz CT molecular complexity index is 607. The summed E-state index contributed by atoms with van der Waals surface area (Å²) in [5, 5.41) is 3.42. The number of nitrogens with one attached hydrogen (secondary N) is 1. The van der Waals surface area contributed by atoms with Crippen molar-refractivity contribution in [3.05, 3.63) is 35.5 Å². The number of fused-ring (bicyclic) bond motifs is 1. The lowest BCUT2D eigenvalue weighted by molar-refractivity contribution is 0.617. The van der Waals surface area contributed by atoms with Crippen molar-refractivity contribution in [2.45, 2.75) is 31.7 Å². The Balaban J connectivity index is 1.86. The summed E-state index contributed by atoms with van der Waals surface area (Å²) in [7, 11) is 0. The van der Waals surface area contributed by atoms with Gasteiger partial charge in [0, 0.05) is 37.2 Å². The monoisotopic (exact) mass is 253 g/mol. The second kappa shape index (κ2) is 4.35. The van der Waals surface area contributed by atoms with Crippen LogP contribution in [0, 0.1) is 0 Å². The van der Waals surface area contributed by atoms with E-state index in [1.165, 1.54) is 29.8 Å². The Labute approximate surface area is 111 Å². The van der Waals surface area contributed by atoms with Gasteiger partial charge in [0.1, 0.15) is 12.0 Å². The quantitative estimate of drug-likeness (QED) is 0.877. The fraction of sp³-hybridized carbons (Fsp3) is 0.429. The van der Waals surface area contributed by atoms with E-state index in [9.17, 15) is 0 Å². The molecule has 96 valence electrons. The highest BCUT2D eigenvalue weighted by atomic mass is 15.0. The van der Waals surface area contributed by atoms with Gasteiger partial charge in [0.2, 0.25) is 0 Å². The molecule has 5 nitrogen and oxygen atoms in total. The molecule has 0 spiro atoms. The smallest absolute Gasteiger partial charge is 0.178 e. The SMILES string of the molecule is c1cc(-c2nc3c(c(C4CC4)n2)CNCC3)ncn1. The first-order valence-corrected chi connectivity index (χ1v) is 6.78. The van der Waals surface area contributed by atoms with E-state index in [1.54, 1.807) is 12.5 Å². The molecular formula is C14H15N5. The molecule has 1 aliphatic carbocycles. The summed E-state index contributed by atoms with van der Waals surface area (Å²) < 4.78 is 0. The van der Waals surface area contributed by atoms with Crippen molar-refractivity contribution >= 4 is 0 Å². The zero-order valence-electron chi connectivity index (χ0n) is 10.6. The predicted molar refractivity (Wildman–Crippen MR) is 70.4 cm³/mol. The molecule has 2 aliphatic rings. The maximum atomic E-state index is 4.78. The molecule has 0 radical (unpaired) electrons. The molecule has 5 heteroatoms. The molecule has 19 heavy (non-hydrogen) atoms. The van der Waals surface area contributed by atoms with Crippen molar-refractivity contribution in [3.63, 3.8) is 0 Å². The normalized spacial score (nSPS) is 18.1. The molecule has 1 N–H and O–H groups in total. The number of hydrogen-bond donors (Lipinski definition) is 1. The van der Waals surface area contributed by atoms with Crippen molar-refractivity contribution in [3.8, 4) is 11.5 Å². The van der Waals surface area contributed by atoms with Gasteiger partial charge in [-0.1, -0.05) is 0 Å². The second-order valence-corrected chi connectivity index (χ2v) is 5.15. The van der Waals surface area contributed by atoms with Gasteiger partial charge >= 0.3 is 0 Å². The molecule has 1 saturated carbocycles. The first kappa shape index (κ1) is 11.0. The molecule has 0 amide bonds. The van der Waals surface area contributed by atoms with Gasteiger partial charge in [0.05, 0.1) is 11.4 Å². The lowest BCUT2D eigenvalue weighted by atomic mass is 10.0. The molecule has 0 bridgehead atoms. The summed E-state index contributed by atoms with van der Waals surface area (Å²) in [4.78, 5) is 17.7. The molecule has 0 aromatic carbocycles. The molecule has 4 rings (SSSR count). The predicted octanol–water partition coefficient (Wildman–Crippen LogP) is 1.46. The fourth-order valence-corrected chi connectivity index (χ4v) is 2.60. The third-order valence-corrected chi connectivity index (χ3v) is 3.74. The minimum Gasteiger partial charge on any atom is -0.312 e. The number of rotatable bonds is 2. The van der Waals surface area contributed by atoms with Crippen LogP contribution in [-0.4, -0.2) is 26.5 Å². The van der Waals surface area contributed by atoms with Crippen LogP contribution in [0.1, 0.15) is 35.7 Å². The standard InChI is InChI=1S/C14H15N5/c1-2-9(1)13-10-7-15-5-3-11(10)18-14(19-13)12-4-6-16-8-17-12/h4,6,8-9,15H,1-3,5,7H2. The molecule has 2 aromatic rings. The Kier molecular flexibility index (Phi) is 2.51. The van der Waals surface area contributed by atoms with Crippen molar-refractivity contribution in [1.29, 1.82) is 0 Å². The van der Waals surface area contributed by atoms with Crippen LogP contribution >= 0.6 is 0 Å². The van der Waals surface area contributed by atoms with Gasteiger partial charge < -0.3 is 5.32 Å². The number of nitrogens with zero attached hydrogens (tertiary/aromatic N) is 4. The number of aromatic nitrogens is 4. The largest absolute Gasteiger partial charge is 0.312 e. The third-order valence-electron chi connectivity index (χ3n) is 3.74. The van der Waals surface area contributed by atoms with E-state index in [4.69, 9.17) is 9.97 Å². The van der Waals surface area contributed by atoms with Crippen molar-refractivity contribution in [2.75, 3.05) is 6.54 Å². The Morgan fingerprint density at radius 2 is 2.16 bits per heavy atom. The van der Waals surface area contributed by atoms with Crippen LogP contribution in [0.25, 0.3) is 11.5 Å². The average Bonchev–Trinajstić information content (AvgIpc) is 3.32. The highest BCUT2D eigenvalue weighted by molar-refractivity contribution is 5.50. The van der Waals surface area contributed by atoms with Crippen LogP contribution in [0.2, 0.25) is 0 Å². The fourth-order valence-electron chi connectivity index (χ4n) is 2.60. The highest BCUT2D eigenvalue weighted by Crippen LogP contribution is 2.42. The maximum Gasteiger partial charge on any atom is 0.178 e. The Hall–Kier alpha value is -1.88. The summed E-state index contributed by atoms with van der Waals surface area (Å²) in [6, 6.07) is 1.87. The zero-order valence-corrected chi connectivity index (χ0v) is 10.6.